The fourth-order valence-electron chi connectivity index (χ4n) is 1.65. The Morgan fingerprint density at radius 2 is 2.33 bits per heavy atom. The SMILES string of the molecule is CC(Cc1ccsc1)NC(=O)c1cccc(Br)n1. The first-order chi connectivity index (χ1) is 8.65. The van der Waals surface area contributed by atoms with E-state index in [1.165, 1.54) is 5.56 Å². The van der Waals surface area contributed by atoms with Crippen molar-refractivity contribution in [2.45, 2.75) is 19.4 Å². The van der Waals surface area contributed by atoms with Crippen LogP contribution < -0.4 is 5.32 Å². The van der Waals surface area contributed by atoms with Gasteiger partial charge in [-0.2, -0.15) is 11.3 Å². The maximum absolute atomic E-state index is 11.9. The monoisotopic (exact) mass is 324 g/mol. The number of nitrogens with one attached hydrogen (secondary N) is 1. The third-order valence-electron chi connectivity index (χ3n) is 2.45. The summed E-state index contributed by atoms with van der Waals surface area (Å²) in [6.45, 7) is 1.99. The Morgan fingerprint density at radius 1 is 1.50 bits per heavy atom. The van der Waals surface area contributed by atoms with Crippen molar-refractivity contribution in [2.24, 2.45) is 0 Å². The number of halogens is 1. The molecule has 1 atom stereocenters. The summed E-state index contributed by atoms with van der Waals surface area (Å²) in [4.78, 5) is 16.1. The molecule has 2 aromatic rings. The summed E-state index contributed by atoms with van der Waals surface area (Å²) in [5.41, 5.74) is 1.68. The Morgan fingerprint density at radius 3 is 3.00 bits per heavy atom. The van der Waals surface area contributed by atoms with Crippen LogP contribution in [0.15, 0.2) is 39.6 Å². The lowest BCUT2D eigenvalue weighted by atomic mass is 10.1. The van der Waals surface area contributed by atoms with Crippen molar-refractivity contribution < 1.29 is 4.79 Å². The molecule has 0 aliphatic carbocycles. The summed E-state index contributed by atoms with van der Waals surface area (Å²) in [6.07, 6.45) is 0.837. The van der Waals surface area contributed by atoms with Crippen LogP contribution in [0.1, 0.15) is 23.0 Å². The van der Waals surface area contributed by atoms with E-state index in [4.69, 9.17) is 0 Å². The third-order valence-corrected chi connectivity index (χ3v) is 3.62. The first-order valence-electron chi connectivity index (χ1n) is 5.59. The number of hydrogen-bond donors (Lipinski definition) is 1. The molecule has 2 heterocycles. The minimum Gasteiger partial charge on any atom is -0.348 e. The molecular weight excluding hydrogens is 312 g/mol. The van der Waals surface area contributed by atoms with Gasteiger partial charge >= 0.3 is 0 Å². The van der Waals surface area contributed by atoms with E-state index in [0.29, 0.717) is 10.3 Å². The summed E-state index contributed by atoms with van der Waals surface area (Å²) in [5, 5.41) is 7.08. The van der Waals surface area contributed by atoms with E-state index in [-0.39, 0.29) is 11.9 Å². The zero-order chi connectivity index (χ0) is 13.0. The molecule has 0 saturated heterocycles. The van der Waals surface area contributed by atoms with Crippen LogP contribution in [0.5, 0.6) is 0 Å². The maximum atomic E-state index is 11.9. The predicted molar refractivity (Wildman–Crippen MR) is 76.9 cm³/mol. The number of pyridine rings is 1. The number of rotatable bonds is 4. The van der Waals surface area contributed by atoms with E-state index in [0.717, 1.165) is 6.42 Å². The fraction of sp³-hybridized carbons (Fsp3) is 0.231. The molecule has 1 amide bonds. The zero-order valence-corrected chi connectivity index (χ0v) is 12.3. The highest BCUT2D eigenvalue weighted by atomic mass is 79.9. The standard InChI is InChI=1S/C13H13BrN2OS/c1-9(7-10-5-6-18-8-10)15-13(17)11-3-2-4-12(14)16-11/h2-6,8-9H,7H2,1H3,(H,15,17). The average Bonchev–Trinajstić information content (AvgIpc) is 2.81. The molecule has 2 rings (SSSR count). The van der Waals surface area contributed by atoms with Gasteiger partial charge in [-0.3, -0.25) is 4.79 Å². The van der Waals surface area contributed by atoms with Crippen LogP contribution in [0.2, 0.25) is 0 Å². The van der Waals surface area contributed by atoms with Crippen molar-refractivity contribution in [2.75, 3.05) is 0 Å². The van der Waals surface area contributed by atoms with Gasteiger partial charge in [0.05, 0.1) is 0 Å². The second-order valence-electron chi connectivity index (χ2n) is 4.06. The highest BCUT2D eigenvalue weighted by Gasteiger charge is 2.11. The number of amides is 1. The van der Waals surface area contributed by atoms with Crippen molar-refractivity contribution in [3.63, 3.8) is 0 Å². The van der Waals surface area contributed by atoms with Gasteiger partial charge in [0.1, 0.15) is 10.3 Å². The highest BCUT2D eigenvalue weighted by molar-refractivity contribution is 9.10. The van der Waals surface area contributed by atoms with Gasteiger partial charge in [-0.1, -0.05) is 6.07 Å². The van der Waals surface area contributed by atoms with Gasteiger partial charge in [0.2, 0.25) is 0 Å². The highest BCUT2D eigenvalue weighted by Crippen LogP contribution is 2.10. The van der Waals surface area contributed by atoms with E-state index in [2.05, 4.69) is 37.7 Å². The van der Waals surface area contributed by atoms with Crippen molar-refractivity contribution in [3.8, 4) is 0 Å². The molecule has 0 aliphatic rings. The van der Waals surface area contributed by atoms with Gasteiger partial charge in [0.25, 0.3) is 5.91 Å². The molecule has 0 radical (unpaired) electrons. The van der Waals surface area contributed by atoms with Crippen molar-refractivity contribution in [1.29, 1.82) is 0 Å². The van der Waals surface area contributed by atoms with Gasteiger partial charge in [-0.25, -0.2) is 4.98 Å². The van der Waals surface area contributed by atoms with Gasteiger partial charge in [0, 0.05) is 6.04 Å². The summed E-state index contributed by atoms with van der Waals surface area (Å²) < 4.78 is 0.667. The molecule has 0 bridgehead atoms. The normalized spacial score (nSPS) is 12.1. The smallest absolute Gasteiger partial charge is 0.270 e. The zero-order valence-electron chi connectivity index (χ0n) is 9.89. The van der Waals surface area contributed by atoms with Crippen LogP contribution in [0, 0.1) is 0 Å². The molecule has 1 N–H and O–H groups in total. The summed E-state index contributed by atoms with van der Waals surface area (Å²) in [7, 11) is 0. The van der Waals surface area contributed by atoms with Gasteiger partial charge < -0.3 is 5.32 Å². The minimum atomic E-state index is -0.140. The Bertz CT molecular complexity index is 528. The van der Waals surface area contributed by atoms with Crippen molar-refractivity contribution in [3.05, 3.63) is 50.9 Å². The number of hydrogen-bond acceptors (Lipinski definition) is 3. The first kappa shape index (κ1) is 13.2. The average molecular weight is 325 g/mol. The quantitative estimate of drug-likeness (QED) is 0.877. The largest absolute Gasteiger partial charge is 0.348 e. The molecule has 0 aliphatic heterocycles. The van der Waals surface area contributed by atoms with Crippen LogP contribution in [-0.2, 0) is 6.42 Å². The number of aromatic nitrogens is 1. The number of carbonyl (C=O) groups excluding carboxylic acids is 1. The summed E-state index contributed by atoms with van der Waals surface area (Å²) in [6, 6.07) is 7.47. The van der Waals surface area contributed by atoms with E-state index in [1.54, 1.807) is 29.5 Å². The number of thiophene rings is 1. The lowest BCUT2D eigenvalue weighted by Crippen LogP contribution is -2.34. The molecule has 18 heavy (non-hydrogen) atoms. The van der Waals surface area contributed by atoms with Crippen LogP contribution in [-0.4, -0.2) is 16.9 Å². The molecule has 5 heteroatoms. The Hall–Kier alpha value is -1.20. The molecule has 94 valence electrons. The fourth-order valence-corrected chi connectivity index (χ4v) is 2.67. The van der Waals surface area contributed by atoms with E-state index < -0.39 is 0 Å². The molecular formula is C13H13BrN2OS. The maximum Gasteiger partial charge on any atom is 0.270 e. The second-order valence-corrected chi connectivity index (χ2v) is 5.65. The number of carbonyl (C=O) groups is 1. The van der Waals surface area contributed by atoms with Gasteiger partial charge in [-0.05, 0) is 63.8 Å². The first-order valence-corrected chi connectivity index (χ1v) is 7.33. The lowest BCUT2D eigenvalue weighted by Gasteiger charge is -2.12. The minimum absolute atomic E-state index is 0.0906. The molecule has 2 aromatic heterocycles. The van der Waals surface area contributed by atoms with E-state index in [9.17, 15) is 4.79 Å². The second kappa shape index (κ2) is 6.11. The summed E-state index contributed by atoms with van der Waals surface area (Å²) >= 11 is 4.92. The summed E-state index contributed by atoms with van der Waals surface area (Å²) in [5.74, 6) is -0.140. The van der Waals surface area contributed by atoms with E-state index in [1.807, 2.05) is 12.3 Å². The van der Waals surface area contributed by atoms with Crippen molar-refractivity contribution >= 4 is 33.2 Å². The molecule has 0 saturated carbocycles. The topological polar surface area (TPSA) is 42.0 Å². The van der Waals surface area contributed by atoms with Gasteiger partial charge in [-0.15, -0.1) is 0 Å². The van der Waals surface area contributed by atoms with Crippen molar-refractivity contribution in [1.82, 2.24) is 10.3 Å². The Balaban J connectivity index is 1.95. The molecule has 1 unspecified atom stereocenters. The van der Waals surface area contributed by atoms with Gasteiger partial charge in [0.15, 0.2) is 0 Å². The van der Waals surface area contributed by atoms with Crippen LogP contribution in [0.3, 0.4) is 0 Å². The molecule has 0 spiro atoms. The Kier molecular flexibility index (Phi) is 4.49. The van der Waals surface area contributed by atoms with E-state index >= 15 is 0 Å². The molecule has 3 nitrogen and oxygen atoms in total. The van der Waals surface area contributed by atoms with Crippen LogP contribution >= 0.6 is 27.3 Å². The van der Waals surface area contributed by atoms with Crippen LogP contribution in [0.4, 0.5) is 0 Å². The van der Waals surface area contributed by atoms with Crippen LogP contribution in [0.25, 0.3) is 0 Å². The third kappa shape index (κ3) is 3.65. The number of nitrogens with zero attached hydrogens (tertiary/aromatic N) is 1. The predicted octanol–water partition coefficient (Wildman–Crippen LogP) is 3.27. The Labute approximate surface area is 118 Å². The lowest BCUT2D eigenvalue weighted by molar-refractivity contribution is 0.0935. The molecule has 0 fully saturated rings. The molecule has 0 aromatic carbocycles.